The predicted octanol–water partition coefficient (Wildman–Crippen LogP) is 2.46. The van der Waals surface area contributed by atoms with Crippen LogP contribution in [0.15, 0.2) is 41.3 Å². The average molecular weight is 389 g/mol. The zero-order chi connectivity index (χ0) is 19.8. The fourth-order valence-electron chi connectivity index (χ4n) is 4.12. The molecule has 1 aromatic carbocycles. The highest BCUT2D eigenvalue weighted by Gasteiger charge is 2.23. The van der Waals surface area contributed by atoms with Crippen molar-refractivity contribution in [3.63, 3.8) is 0 Å². The third kappa shape index (κ3) is 3.37. The van der Waals surface area contributed by atoms with Crippen LogP contribution in [0.1, 0.15) is 29.7 Å². The molecule has 0 spiro atoms. The first-order valence-electron chi connectivity index (χ1n) is 10.1. The number of anilines is 1. The van der Waals surface area contributed by atoms with Gasteiger partial charge in [0, 0.05) is 30.9 Å². The van der Waals surface area contributed by atoms with Crippen molar-refractivity contribution in [3.05, 3.63) is 63.7 Å². The number of hydrogen-bond acceptors (Lipinski definition) is 6. The number of hydrogen-bond donors (Lipinski definition) is 0. The Morgan fingerprint density at radius 2 is 2.00 bits per heavy atom. The summed E-state index contributed by atoms with van der Waals surface area (Å²) in [6, 6.07) is 9.40. The van der Waals surface area contributed by atoms with Gasteiger partial charge in [0.25, 0.3) is 5.56 Å². The molecular weight excluding hydrogens is 366 g/mol. The van der Waals surface area contributed by atoms with E-state index in [0.717, 1.165) is 65.7 Å². The van der Waals surface area contributed by atoms with Crippen LogP contribution in [-0.2, 0) is 19.4 Å². The van der Waals surface area contributed by atoms with Crippen LogP contribution in [-0.4, -0.2) is 39.9 Å². The van der Waals surface area contributed by atoms with Crippen molar-refractivity contribution < 1.29 is 4.74 Å². The van der Waals surface area contributed by atoms with Crippen molar-refractivity contribution in [1.29, 1.82) is 0 Å². The minimum absolute atomic E-state index is 0.0929. The monoisotopic (exact) mass is 389 g/mol. The Balaban J connectivity index is 1.51. The number of aromatic nitrogens is 4. The van der Waals surface area contributed by atoms with Gasteiger partial charge >= 0.3 is 0 Å². The lowest BCUT2D eigenvalue weighted by atomic mass is 9.94. The first kappa shape index (κ1) is 17.8. The smallest absolute Gasteiger partial charge is 0.267 e. The zero-order valence-corrected chi connectivity index (χ0v) is 16.5. The summed E-state index contributed by atoms with van der Waals surface area (Å²) < 4.78 is 6.80. The lowest BCUT2D eigenvalue weighted by Crippen LogP contribution is -2.27. The summed E-state index contributed by atoms with van der Waals surface area (Å²) >= 11 is 0. The molecule has 3 heterocycles. The van der Waals surface area contributed by atoms with E-state index >= 15 is 0 Å². The molecule has 0 bridgehead atoms. The molecule has 1 saturated heterocycles. The van der Waals surface area contributed by atoms with Crippen molar-refractivity contribution in [3.8, 4) is 17.0 Å². The molecule has 5 rings (SSSR count). The molecule has 0 saturated carbocycles. The van der Waals surface area contributed by atoms with E-state index in [-0.39, 0.29) is 5.56 Å². The van der Waals surface area contributed by atoms with Gasteiger partial charge in [0.05, 0.1) is 25.0 Å². The van der Waals surface area contributed by atoms with Gasteiger partial charge in [-0.15, -0.1) is 0 Å². The Labute approximate surface area is 169 Å². The van der Waals surface area contributed by atoms with Crippen molar-refractivity contribution in [2.75, 3.05) is 25.1 Å². The summed E-state index contributed by atoms with van der Waals surface area (Å²) in [7, 11) is 1.63. The van der Waals surface area contributed by atoms with Gasteiger partial charge in [-0.1, -0.05) is 12.1 Å². The minimum Gasteiger partial charge on any atom is -0.497 e. The Kier molecular flexibility index (Phi) is 4.50. The quantitative estimate of drug-likeness (QED) is 0.683. The van der Waals surface area contributed by atoms with Gasteiger partial charge in [-0.05, 0) is 48.9 Å². The maximum Gasteiger partial charge on any atom is 0.267 e. The van der Waals surface area contributed by atoms with Crippen molar-refractivity contribution in [1.82, 2.24) is 19.7 Å². The van der Waals surface area contributed by atoms with Gasteiger partial charge in [0.15, 0.2) is 0 Å². The summed E-state index contributed by atoms with van der Waals surface area (Å²) in [5.41, 5.74) is 4.63. The Hall–Kier alpha value is -3.22. The van der Waals surface area contributed by atoms with Crippen molar-refractivity contribution >= 4 is 5.95 Å². The lowest BCUT2D eigenvalue weighted by molar-refractivity contribution is 0.414. The predicted molar refractivity (Wildman–Crippen MR) is 110 cm³/mol. The average Bonchev–Trinajstić information content (AvgIpc) is 3.29. The number of aryl methyl sites for hydroxylation is 2. The van der Waals surface area contributed by atoms with Crippen LogP contribution in [0.5, 0.6) is 5.75 Å². The second-order valence-corrected chi connectivity index (χ2v) is 7.59. The number of ether oxygens (including phenoxy) is 1. The third-order valence-corrected chi connectivity index (χ3v) is 5.67. The van der Waals surface area contributed by atoms with E-state index in [1.165, 1.54) is 17.5 Å². The zero-order valence-electron chi connectivity index (χ0n) is 16.5. The van der Waals surface area contributed by atoms with E-state index < -0.39 is 0 Å². The summed E-state index contributed by atoms with van der Waals surface area (Å²) in [6.07, 6.45) is 5.86. The molecule has 2 aliphatic rings. The van der Waals surface area contributed by atoms with Gasteiger partial charge in [0.1, 0.15) is 5.75 Å². The first-order valence-corrected chi connectivity index (χ1v) is 10.1. The molecule has 1 aliphatic heterocycles. The SMILES string of the molecule is COc1cccc(Cn2nc3c(cc2=O)CCc2nc(N4CCCC4)ncc2-3)c1. The molecule has 0 atom stereocenters. The number of fused-ring (bicyclic) bond motifs is 3. The van der Waals surface area contributed by atoms with Crippen LogP contribution < -0.4 is 15.2 Å². The van der Waals surface area contributed by atoms with E-state index in [9.17, 15) is 4.79 Å². The molecule has 0 radical (unpaired) electrons. The Morgan fingerprint density at radius 1 is 1.14 bits per heavy atom. The molecule has 0 unspecified atom stereocenters. The Morgan fingerprint density at radius 3 is 2.83 bits per heavy atom. The highest BCUT2D eigenvalue weighted by molar-refractivity contribution is 5.67. The standard InChI is InChI=1S/C22H23N5O2/c1-29-17-6-4-5-15(11-17)14-27-20(28)12-16-7-8-19-18(21(16)25-27)13-23-22(24-19)26-9-2-3-10-26/h4-6,11-13H,2-3,7-10,14H2,1H3. The summed E-state index contributed by atoms with van der Waals surface area (Å²) in [5, 5.41) is 4.70. The lowest BCUT2D eigenvalue weighted by Gasteiger charge is -2.21. The Bertz CT molecular complexity index is 1120. The van der Waals surface area contributed by atoms with Gasteiger partial charge in [-0.25, -0.2) is 14.6 Å². The molecule has 2 aromatic heterocycles. The van der Waals surface area contributed by atoms with Crippen molar-refractivity contribution in [2.24, 2.45) is 0 Å². The first-order chi connectivity index (χ1) is 14.2. The topological polar surface area (TPSA) is 73.1 Å². The summed E-state index contributed by atoms with van der Waals surface area (Å²) in [5.74, 6) is 1.58. The molecule has 7 nitrogen and oxygen atoms in total. The maximum atomic E-state index is 12.6. The second-order valence-electron chi connectivity index (χ2n) is 7.59. The van der Waals surface area contributed by atoms with Crippen LogP contribution in [0.25, 0.3) is 11.3 Å². The summed E-state index contributed by atoms with van der Waals surface area (Å²) in [6.45, 7) is 2.44. The van der Waals surface area contributed by atoms with Gasteiger partial charge in [0.2, 0.25) is 5.95 Å². The number of methoxy groups -OCH3 is 1. The van der Waals surface area contributed by atoms with E-state index in [0.29, 0.717) is 6.54 Å². The van der Waals surface area contributed by atoms with Crippen molar-refractivity contribution in [2.45, 2.75) is 32.2 Å². The van der Waals surface area contributed by atoms with E-state index in [1.807, 2.05) is 30.5 Å². The van der Waals surface area contributed by atoms with E-state index in [4.69, 9.17) is 14.8 Å². The molecule has 148 valence electrons. The van der Waals surface area contributed by atoms with Crippen LogP contribution in [0, 0.1) is 0 Å². The third-order valence-electron chi connectivity index (χ3n) is 5.67. The van der Waals surface area contributed by atoms with E-state index in [1.54, 1.807) is 13.2 Å². The number of benzene rings is 1. The maximum absolute atomic E-state index is 12.6. The normalized spacial score (nSPS) is 15.1. The molecule has 29 heavy (non-hydrogen) atoms. The van der Waals surface area contributed by atoms with Crippen LogP contribution >= 0.6 is 0 Å². The number of nitrogens with zero attached hydrogens (tertiary/aromatic N) is 5. The van der Waals surface area contributed by atoms with Crippen LogP contribution in [0.3, 0.4) is 0 Å². The number of rotatable bonds is 4. The molecule has 3 aromatic rings. The van der Waals surface area contributed by atoms with E-state index in [2.05, 4.69) is 9.88 Å². The van der Waals surface area contributed by atoms with Crippen LogP contribution in [0.4, 0.5) is 5.95 Å². The second kappa shape index (κ2) is 7.31. The molecule has 0 amide bonds. The molecular formula is C22H23N5O2. The summed E-state index contributed by atoms with van der Waals surface area (Å²) in [4.78, 5) is 24.3. The minimum atomic E-state index is -0.0929. The van der Waals surface area contributed by atoms with Gasteiger partial charge < -0.3 is 9.64 Å². The molecule has 0 N–H and O–H groups in total. The highest BCUT2D eigenvalue weighted by atomic mass is 16.5. The highest BCUT2D eigenvalue weighted by Crippen LogP contribution is 2.31. The fourth-order valence-corrected chi connectivity index (χ4v) is 4.12. The van der Waals surface area contributed by atoms with Gasteiger partial charge in [-0.2, -0.15) is 5.10 Å². The largest absolute Gasteiger partial charge is 0.497 e. The fraction of sp³-hybridized carbons (Fsp3) is 0.364. The van der Waals surface area contributed by atoms with Crippen LogP contribution in [0.2, 0.25) is 0 Å². The van der Waals surface area contributed by atoms with Gasteiger partial charge in [-0.3, -0.25) is 4.79 Å². The molecule has 1 fully saturated rings. The molecule has 7 heteroatoms. The molecule has 1 aliphatic carbocycles.